The third-order valence-corrected chi connectivity index (χ3v) is 4.87. The number of nitriles is 1. The van der Waals surface area contributed by atoms with Gasteiger partial charge in [-0.3, -0.25) is 0 Å². The first-order chi connectivity index (χ1) is 13.3. The molecule has 0 N–H and O–H groups in total. The lowest BCUT2D eigenvalue weighted by atomic mass is 9.93. The topological polar surface area (TPSA) is 68.6 Å². The number of hydrogen-bond donors (Lipinski definition) is 0. The number of benzene rings is 2. The van der Waals surface area contributed by atoms with Crippen molar-refractivity contribution in [3.05, 3.63) is 77.4 Å². The molecular formula is C22H19NO4. The quantitative estimate of drug-likeness (QED) is 0.475. The second-order valence-electron chi connectivity index (χ2n) is 6.53. The molecule has 136 valence electrons. The molecule has 5 nitrogen and oxygen atoms in total. The SMILES string of the molecule is N#CC(C(=O)OC1COC2CCOC21)=C(c1ccccc1)c1ccccc1. The molecule has 2 fully saturated rings. The fourth-order valence-corrected chi connectivity index (χ4v) is 3.60. The Bertz CT molecular complexity index is 844. The normalized spacial score (nSPS) is 23.3. The van der Waals surface area contributed by atoms with Crippen molar-refractivity contribution < 1.29 is 19.0 Å². The predicted octanol–water partition coefficient (Wildman–Crippen LogP) is 3.11. The van der Waals surface area contributed by atoms with Crippen LogP contribution >= 0.6 is 0 Å². The molecule has 0 spiro atoms. The first-order valence-corrected chi connectivity index (χ1v) is 8.97. The highest BCUT2D eigenvalue weighted by Gasteiger charge is 2.44. The molecule has 0 aliphatic carbocycles. The molecule has 4 rings (SSSR count). The van der Waals surface area contributed by atoms with Crippen molar-refractivity contribution in [3.8, 4) is 6.07 Å². The number of fused-ring (bicyclic) bond motifs is 1. The van der Waals surface area contributed by atoms with Crippen LogP contribution in [-0.2, 0) is 19.0 Å². The molecule has 3 atom stereocenters. The van der Waals surface area contributed by atoms with Crippen molar-refractivity contribution in [1.29, 1.82) is 5.26 Å². The Balaban J connectivity index is 1.70. The molecule has 5 heteroatoms. The van der Waals surface area contributed by atoms with Crippen LogP contribution in [0.25, 0.3) is 5.57 Å². The number of esters is 1. The number of ether oxygens (including phenoxy) is 3. The van der Waals surface area contributed by atoms with Crippen LogP contribution in [0.5, 0.6) is 0 Å². The molecule has 2 aromatic carbocycles. The summed E-state index contributed by atoms with van der Waals surface area (Å²) in [5.74, 6) is -0.648. The molecule has 0 aromatic heterocycles. The highest BCUT2D eigenvalue weighted by molar-refractivity contribution is 6.05. The summed E-state index contributed by atoms with van der Waals surface area (Å²) < 4.78 is 16.9. The molecule has 2 aromatic rings. The van der Waals surface area contributed by atoms with Gasteiger partial charge in [0.25, 0.3) is 0 Å². The van der Waals surface area contributed by atoms with Gasteiger partial charge in [0.1, 0.15) is 17.7 Å². The van der Waals surface area contributed by atoms with Gasteiger partial charge < -0.3 is 14.2 Å². The van der Waals surface area contributed by atoms with Gasteiger partial charge in [-0.1, -0.05) is 60.7 Å². The van der Waals surface area contributed by atoms with E-state index in [1.807, 2.05) is 60.7 Å². The molecule has 27 heavy (non-hydrogen) atoms. The summed E-state index contributed by atoms with van der Waals surface area (Å²) in [5, 5.41) is 9.78. The summed E-state index contributed by atoms with van der Waals surface area (Å²) in [6.07, 6.45) is 0.0471. The van der Waals surface area contributed by atoms with E-state index in [4.69, 9.17) is 14.2 Å². The molecule has 3 unspecified atom stereocenters. The third-order valence-electron chi connectivity index (χ3n) is 4.87. The van der Waals surface area contributed by atoms with Gasteiger partial charge in [0.15, 0.2) is 6.10 Å². The van der Waals surface area contributed by atoms with E-state index in [-0.39, 0.29) is 17.8 Å². The van der Waals surface area contributed by atoms with Gasteiger partial charge >= 0.3 is 5.97 Å². The lowest BCUT2D eigenvalue weighted by Crippen LogP contribution is -2.32. The summed E-state index contributed by atoms with van der Waals surface area (Å²) in [5.41, 5.74) is 2.12. The zero-order valence-electron chi connectivity index (χ0n) is 14.7. The van der Waals surface area contributed by atoms with E-state index >= 15 is 0 Å². The van der Waals surface area contributed by atoms with E-state index in [0.29, 0.717) is 18.8 Å². The maximum Gasteiger partial charge on any atom is 0.350 e. The van der Waals surface area contributed by atoms with Crippen molar-refractivity contribution in [2.75, 3.05) is 13.2 Å². The minimum atomic E-state index is -0.648. The molecule has 2 heterocycles. The van der Waals surface area contributed by atoms with Crippen LogP contribution in [0.1, 0.15) is 17.5 Å². The van der Waals surface area contributed by atoms with Crippen molar-refractivity contribution in [1.82, 2.24) is 0 Å². The van der Waals surface area contributed by atoms with Crippen LogP contribution in [0.4, 0.5) is 0 Å². The first kappa shape index (κ1) is 17.5. The second kappa shape index (κ2) is 7.75. The Hall–Kier alpha value is -2.94. The van der Waals surface area contributed by atoms with Crippen LogP contribution in [0, 0.1) is 11.3 Å². The lowest BCUT2D eigenvalue weighted by molar-refractivity contribution is -0.148. The van der Waals surface area contributed by atoms with E-state index in [1.54, 1.807) is 0 Å². The highest BCUT2D eigenvalue weighted by atomic mass is 16.6. The number of hydrogen-bond acceptors (Lipinski definition) is 5. The van der Waals surface area contributed by atoms with Crippen LogP contribution in [0.3, 0.4) is 0 Å². The molecule has 0 amide bonds. The second-order valence-corrected chi connectivity index (χ2v) is 6.53. The summed E-state index contributed by atoms with van der Waals surface area (Å²) in [6.45, 7) is 0.898. The van der Waals surface area contributed by atoms with Gasteiger partial charge in [0.05, 0.1) is 12.7 Å². The van der Waals surface area contributed by atoms with Gasteiger partial charge in [-0.05, 0) is 17.5 Å². The van der Waals surface area contributed by atoms with Crippen molar-refractivity contribution in [2.24, 2.45) is 0 Å². The van der Waals surface area contributed by atoms with Gasteiger partial charge in [0, 0.05) is 12.2 Å². The van der Waals surface area contributed by atoms with Crippen molar-refractivity contribution in [3.63, 3.8) is 0 Å². The van der Waals surface area contributed by atoms with E-state index in [1.165, 1.54) is 0 Å². The average Bonchev–Trinajstić information content (AvgIpc) is 3.32. The molecular weight excluding hydrogens is 342 g/mol. The van der Waals surface area contributed by atoms with Gasteiger partial charge in [-0.25, -0.2) is 4.79 Å². The maximum atomic E-state index is 12.9. The zero-order valence-corrected chi connectivity index (χ0v) is 14.7. The summed E-state index contributed by atoms with van der Waals surface area (Å²) >= 11 is 0. The molecule has 0 radical (unpaired) electrons. The van der Waals surface area contributed by atoms with Crippen LogP contribution < -0.4 is 0 Å². The van der Waals surface area contributed by atoms with Crippen LogP contribution in [0.15, 0.2) is 66.2 Å². The molecule has 2 aliphatic heterocycles. The molecule has 0 bridgehead atoms. The largest absolute Gasteiger partial charge is 0.453 e. The molecule has 0 saturated carbocycles. The van der Waals surface area contributed by atoms with Gasteiger partial charge in [-0.15, -0.1) is 0 Å². The fourth-order valence-electron chi connectivity index (χ4n) is 3.60. The van der Waals surface area contributed by atoms with Crippen molar-refractivity contribution >= 4 is 11.5 Å². The Labute approximate surface area is 157 Å². The minimum Gasteiger partial charge on any atom is -0.453 e. The van der Waals surface area contributed by atoms with Crippen LogP contribution in [0.2, 0.25) is 0 Å². The highest BCUT2D eigenvalue weighted by Crippen LogP contribution is 2.31. The molecule has 2 saturated heterocycles. The van der Waals surface area contributed by atoms with E-state index in [2.05, 4.69) is 6.07 Å². The average molecular weight is 361 g/mol. The first-order valence-electron chi connectivity index (χ1n) is 8.97. The van der Waals surface area contributed by atoms with E-state index in [0.717, 1.165) is 17.5 Å². The lowest BCUT2D eigenvalue weighted by Gasteiger charge is -2.18. The number of rotatable bonds is 4. The fraction of sp³-hybridized carbons (Fsp3) is 0.273. The maximum absolute atomic E-state index is 12.9. The summed E-state index contributed by atoms with van der Waals surface area (Å²) in [6, 6.07) is 20.8. The predicted molar refractivity (Wildman–Crippen MR) is 98.5 cm³/mol. The standard InChI is InChI=1S/C22H19NO4/c23-13-17(22(24)27-19-14-26-18-11-12-25-21(18)19)20(15-7-3-1-4-8-15)16-9-5-2-6-10-16/h1-10,18-19,21H,11-12,14H2. The summed E-state index contributed by atoms with van der Waals surface area (Å²) in [7, 11) is 0. The Morgan fingerprint density at radius 2 is 1.63 bits per heavy atom. The van der Waals surface area contributed by atoms with E-state index < -0.39 is 12.1 Å². The number of nitrogens with zero attached hydrogens (tertiary/aromatic N) is 1. The van der Waals surface area contributed by atoms with Gasteiger partial charge in [0.2, 0.25) is 0 Å². The zero-order chi connectivity index (χ0) is 18.6. The van der Waals surface area contributed by atoms with E-state index in [9.17, 15) is 10.1 Å². The monoisotopic (exact) mass is 361 g/mol. The Morgan fingerprint density at radius 3 is 2.22 bits per heavy atom. The van der Waals surface area contributed by atoms with Crippen LogP contribution in [-0.4, -0.2) is 37.5 Å². The summed E-state index contributed by atoms with van der Waals surface area (Å²) in [4.78, 5) is 12.9. The Kier molecular flexibility index (Phi) is 5.01. The number of carbonyl (C=O) groups is 1. The molecule has 2 aliphatic rings. The number of carbonyl (C=O) groups excluding carboxylic acids is 1. The smallest absolute Gasteiger partial charge is 0.350 e. The minimum absolute atomic E-state index is 0.0196. The Morgan fingerprint density at radius 1 is 1.00 bits per heavy atom. The van der Waals surface area contributed by atoms with Crippen molar-refractivity contribution in [2.45, 2.75) is 24.7 Å². The third kappa shape index (κ3) is 3.50. The van der Waals surface area contributed by atoms with Gasteiger partial charge in [-0.2, -0.15) is 5.26 Å².